The first kappa shape index (κ1) is 24.1. The molecular formula is C23H32IN3O3. The number of methoxy groups -OCH3 is 1. The van der Waals surface area contributed by atoms with Gasteiger partial charge >= 0.3 is 0 Å². The zero-order valence-electron chi connectivity index (χ0n) is 17.9. The van der Waals surface area contributed by atoms with Crippen LogP contribution in [0.4, 0.5) is 0 Å². The highest BCUT2D eigenvalue weighted by atomic mass is 127. The van der Waals surface area contributed by atoms with Crippen molar-refractivity contribution in [1.82, 2.24) is 10.2 Å². The van der Waals surface area contributed by atoms with Gasteiger partial charge < -0.3 is 24.8 Å². The summed E-state index contributed by atoms with van der Waals surface area (Å²) in [5, 5.41) is 13.3. The lowest BCUT2D eigenvalue weighted by molar-refractivity contribution is 0.318. The van der Waals surface area contributed by atoms with Gasteiger partial charge in [0.05, 0.1) is 20.3 Å². The van der Waals surface area contributed by atoms with Crippen LogP contribution in [0.1, 0.15) is 37.3 Å². The summed E-state index contributed by atoms with van der Waals surface area (Å²) in [4.78, 5) is 7.15. The molecule has 7 heteroatoms. The summed E-state index contributed by atoms with van der Waals surface area (Å²) in [7, 11) is 1.69. The summed E-state index contributed by atoms with van der Waals surface area (Å²) in [5.74, 6) is 2.97. The maximum atomic E-state index is 9.88. The Balaban J connectivity index is 0.00000320. The Kier molecular flexibility index (Phi) is 9.55. The van der Waals surface area contributed by atoms with Crippen molar-refractivity contribution in [2.75, 3.05) is 33.4 Å². The molecule has 1 heterocycles. The minimum atomic E-state index is 0. The molecule has 0 amide bonds. The third kappa shape index (κ3) is 6.17. The number of hydrogen-bond donors (Lipinski definition) is 2. The summed E-state index contributed by atoms with van der Waals surface area (Å²) in [5.41, 5.74) is 2.34. The largest absolute Gasteiger partial charge is 0.504 e. The number of aliphatic imine (C=N–C) groups is 1. The van der Waals surface area contributed by atoms with Crippen LogP contribution in [0, 0.1) is 0 Å². The summed E-state index contributed by atoms with van der Waals surface area (Å²) in [6.07, 6.45) is 1.10. The van der Waals surface area contributed by atoms with Crippen LogP contribution in [-0.4, -0.2) is 49.3 Å². The van der Waals surface area contributed by atoms with Crippen molar-refractivity contribution in [1.29, 1.82) is 0 Å². The average molecular weight is 525 g/mol. The van der Waals surface area contributed by atoms with E-state index in [0.717, 1.165) is 43.3 Å². The number of phenolic OH excluding ortho intramolecular Hbond substituents is 1. The number of nitrogens with zero attached hydrogens (tertiary/aromatic N) is 2. The number of likely N-dealkylation sites (tertiary alicyclic amines) is 1. The van der Waals surface area contributed by atoms with Gasteiger partial charge in [0.15, 0.2) is 17.5 Å². The maximum absolute atomic E-state index is 9.88. The topological polar surface area (TPSA) is 66.3 Å². The Labute approximate surface area is 196 Å². The minimum Gasteiger partial charge on any atom is -0.504 e. The van der Waals surface area contributed by atoms with Crippen molar-refractivity contribution in [2.24, 2.45) is 4.99 Å². The van der Waals surface area contributed by atoms with E-state index >= 15 is 0 Å². The van der Waals surface area contributed by atoms with Gasteiger partial charge in [-0.15, -0.1) is 24.0 Å². The number of ether oxygens (including phenoxy) is 2. The van der Waals surface area contributed by atoms with Crippen LogP contribution in [-0.2, 0) is 6.54 Å². The molecule has 1 atom stereocenters. The van der Waals surface area contributed by atoms with Crippen LogP contribution in [0.2, 0.25) is 0 Å². The van der Waals surface area contributed by atoms with E-state index in [1.807, 2.05) is 31.2 Å². The average Bonchev–Trinajstić information content (AvgIpc) is 3.23. The van der Waals surface area contributed by atoms with Gasteiger partial charge in [0, 0.05) is 25.6 Å². The number of rotatable bonds is 7. The molecule has 0 aliphatic carbocycles. The molecule has 164 valence electrons. The van der Waals surface area contributed by atoms with Gasteiger partial charge in [-0.05, 0) is 55.7 Å². The van der Waals surface area contributed by atoms with E-state index in [-0.39, 0.29) is 29.7 Å². The van der Waals surface area contributed by atoms with Gasteiger partial charge in [-0.1, -0.05) is 18.2 Å². The monoisotopic (exact) mass is 525 g/mol. The number of guanidine groups is 1. The normalized spacial score (nSPS) is 16.2. The van der Waals surface area contributed by atoms with Crippen LogP contribution < -0.4 is 14.8 Å². The number of hydrogen-bond acceptors (Lipinski definition) is 4. The Morgan fingerprint density at radius 1 is 1.20 bits per heavy atom. The number of nitrogens with one attached hydrogen (secondary N) is 1. The highest BCUT2D eigenvalue weighted by Crippen LogP contribution is 2.29. The molecule has 1 saturated heterocycles. The highest BCUT2D eigenvalue weighted by molar-refractivity contribution is 14.0. The van der Waals surface area contributed by atoms with Gasteiger partial charge in [0.1, 0.15) is 5.75 Å². The smallest absolute Gasteiger partial charge is 0.194 e. The van der Waals surface area contributed by atoms with Gasteiger partial charge in [-0.25, -0.2) is 4.99 Å². The van der Waals surface area contributed by atoms with Gasteiger partial charge in [-0.2, -0.15) is 0 Å². The fraction of sp³-hybridized carbons (Fsp3) is 0.435. The second kappa shape index (κ2) is 11.9. The molecule has 0 spiro atoms. The lowest BCUT2D eigenvalue weighted by Crippen LogP contribution is -2.40. The Bertz CT molecular complexity index is 827. The van der Waals surface area contributed by atoms with Gasteiger partial charge in [-0.3, -0.25) is 0 Å². The predicted molar refractivity (Wildman–Crippen MR) is 131 cm³/mol. The van der Waals surface area contributed by atoms with Crippen LogP contribution in [0.25, 0.3) is 0 Å². The fourth-order valence-electron chi connectivity index (χ4n) is 3.62. The molecule has 2 aromatic carbocycles. The third-order valence-electron chi connectivity index (χ3n) is 5.15. The van der Waals surface area contributed by atoms with E-state index < -0.39 is 0 Å². The first-order valence-corrected chi connectivity index (χ1v) is 10.3. The van der Waals surface area contributed by atoms with E-state index in [4.69, 9.17) is 14.5 Å². The lowest BCUT2D eigenvalue weighted by Gasteiger charge is -2.22. The molecule has 0 bridgehead atoms. The van der Waals surface area contributed by atoms with E-state index in [1.54, 1.807) is 13.2 Å². The van der Waals surface area contributed by atoms with Crippen LogP contribution in [0.5, 0.6) is 17.2 Å². The zero-order valence-corrected chi connectivity index (χ0v) is 20.3. The summed E-state index contributed by atoms with van der Waals surface area (Å²) >= 11 is 0. The molecule has 2 N–H and O–H groups in total. The standard InChI is InChI=1S/C23H31N3O3.HI/c1-4-24-23(25-15-17-6-11-21(27)22(14-17)29-5-2)26-13-12-19(16-26)18-7-9-20(28-3)10-8-18;/h6-11,14,19,27H,4-5,12-13,15-16H2,1-3H3,(H,24,25);1H. The summed E-state index contributed by atoms with van der Waals surface area (Å²) in [6, 6.07) is 13.8. The molecule has 30 heavy (non-hydrogen) atoms. The molecule has 2 aromatic rings. The van der Waals surface area contributed by atoms with Crippen LogP contribution in [0.3, 0.4) is 0 Å². The minimum absolute atomic E-state index is 0. The lowest BCUT2D eigenvalue weighted by atomic mass is 9.98. The van der Waals surface area contributed by atoms with Crippen molar-refractivity contribution in [3.05, 3.63) is 53.6 Å². The molecule has 1 aliphatic heterocycles. The van der Waals surface area contributed by atoms with Crippen molar-refractivity contribution in [2.45, 2.75) is 32.7 Å². The van der Waals surface area contributed by atoms with E-state index in [9.17, 15) is 5.11 Å². The van der Waals surface area contributed by atoms with Gasteiger partial charge in [0.25, 0.3) is 0 Å². The van der Waals surface area contributed by atoms with Crippen LogP contribution in [0.15, 0.2) is 47.5 Å². The molecule has 0 saturated carbocycles. The Hall–Kier alpha value is -2.16. The van der Waals surface area contributed by atoms with Gasteiger partial charge in [0.2, 0.25) is 0 Å². The molecule has 1 aliphatic rings. The fourth-order valence-corrected chi connectivity index (χ4v) is 3.62. The van der Waals surface area contributed by atoms with Crippen molar-refractivity contribution < 1.29 is 14.6 Å². The third-order valence-corrected chi connectivity index (χ3v) is 5.15. The number of halogens is 1. The zero-order chi connectivity index (χ0) is 20.6. The number of aromatic hydroxyl groups is 1. The van der Waals surface area contributed by atoms with E-state index in [0.29, 0.717) is 24.8 Å². The molecule has 1 fully saturated rings. The van der Waals surface area contributed by atoms with Crippen molar-refractivity contribution in [3.63, 3.8) is 0 Å². The highest BCUT2D eigenvalue weighted by Gasteiger charge is 2.26. The van der Waals surface area contributed by atoms with Crippen molar-refractivity contribution >= 4 is 29.9 Å². The van der Waals surface area contributed by atoms with Crippen molar-refractivity contribution in [3.8, 4) is 17.2 Å². The first-order valence-electron chi connectivity index (χ1n) is 10.3. The van der Waals surface area contributed by atoms with E-state index in [2.05, 4.69) is 29.3 Å². The first-order chi connectivity index (χ1) is 14.1. The SMILES string of the molecule is CCNC(=NCc1ccc(O)c(OCC)c1)N1CCC(c2ccc(OC)cc2)C1.I. The number of phenols is 1. The predicted octanol–water partition coefficient (Wildman–Crippen LogP) is 4.37. The maximum Gasteiger partial charge on any atom is 0.194 e. The molecule has 0 aromatic heterocycles. The molecule has 3 rings (SSSR count). The second-order valence-corrected chi connectivity index (χ2v) is 7.11. The Morgan fingerprint density at radius 2 is 1.97 bits per heavy atom. The van der Waals surface area contributed by atoms with E-state index in [1.165, 1.54) is 5.56 Å². The summed E-state index contributed by atoms with van der Waals surface area (Å²) in [6.45, 7) is 7.78. The molecule has 6 nitrogen and oxygen atoms in total. The molecular weight excluding hydrogens is 493 g/mol. The summed E-state index contributed by atoms with van der Waals surface area (Å²) < 4.78 is 10.7. The van der Waals surface area contributed by atoms with Crippen LogP contribution >= 0.6 is 24.0 Å². The Morgan fingerprint density at radius 3 is 2.63 bits per heavy atom. The quantitative estimate of drug-likeness (QED) is 0.319. The molecule has 0 radical (unpaired) electrons. The second-order valence-electron chi connectivity index (χ2n) is 7.11. The number of benzene rings is 2. The molecule has 1 unspecified atom stereocenters.